The Kier molecular flexibility index (Phi) is 4.79. The molecule has 0 aliphatic heterocycles. The monoisotopic (exact) mass is 169 g/mol. The number of nitrogens with zero attached hydrogens (tertiary/aromatic N) is 1. The second-order valence-electron chi connectivity index (χ2n) is 2.57. The zero-order valence-corrected chi connectivity index (χ0v) is 8.03. The van der Waals surface area contributed by atoms with Gasteiger partial charge in [-0.1, -0.05) is 24.9 Å². The summed E-state index contributed by atoms with van der Waals surface area (Å²) in [5, 5.41) is 0. The van der Waals surface area contributed by atoms with E-state index in [0.717, 1.165) is 11.4 Å². The molecule has 0 fully saturated rings. The topological polar surface area (TPSA) is 3.24 Å². The molecule has 0 heterocycles. The van der Waals surface area contributed by atoms with Crippen molar-refractivity contribution in [2.45, 2.75) is 26.3 Å². The predicted molar refractivity (Wildman–Crippen MR) is 54.6 cm³/mol. The van der Waals surface area contributed by atoms with E-state index in [4.69, 9.17) is 12.2 Å². The standard InChI is InChI=1S/C9H15NS/c1-5-7-9(11)10(6-2)8(3)4/h5-6,8H,1-2,7H2,3-4H3. The highest BCUT2D eigenvalue weighted by Crippen LogP contribution is 2.03. The first-order valence-corrected chi connectivity index (χ1v) is 4.09. The summed E-state index contributed by atoms with van der Waals surface area (Å²) < 4.78 is 0. The first-order chi connectivity index (χ1) is 5.13. The molecule has 0 aromatic heterocycles. The zero-order chi connectivity index (χ0) is 8.85. The summed E-state index contributed by atoms with van der Waals surface area (Å²) in [5.74, 6) is 0. The largest absolute Gasteiger partial charge is 0.340 e. The van der Waals surface area contributed by atoms with Crippen molar-refractivity contribution >= 4 is 17.2 Å². The minimum absolute atomic E-state index is 0.389. The third-order valence-corrected chi connectivity index (χ3v) is 1.74. The van der Waals surface area contributed by atoms with Gasteiger partial charge in [-0.25, -0.2) is 0 Å². The number of hydrogen-bond donors (Lipinski definition) is 0. The highest BCUT2D eigenvalue weighted by molar-refractivity contribution is 7.80. The molecule has 0 aromatic rings. The minimum Gasteiger partial charge on any atom is -0.340 e. The maximum atomic E-state index is 5.13. The molecule has 0 unspecified atom stereocenters. The first kappa shape index (κ1) is 10.4. The van der Waals surface area contributed by atoms with Gasteiger partial charge in [-0.2, -0.15) is 0 Å². The summed E-state index contributed by atoms with van der Waals surface area (Å²) in [6, 6.07) is 0.389. The Bertz CT molecular complexity index is 161. The summed E-state index contributed by atoms with van der Waals surface area (Å²) in [4.78, 5) is 2.85. The van der Waals surface area contributed by atoms with Crippen molar-refractivity contribution in [3.63, 3.8) is 0 Å². The average molecular weight is 169 g/mol. The molecule has 0 spiro atoms. The van der Waals surface area contributed by atoms with Gasteiger partial charge in [-0.3, -0.25) is 0 Å². The van der Waals surface area contributed by atoms with E-state index >= 15 is 0 Å². The predicted octanol–water partition coefficient (Wildman–Crippen LogP) is 2.74. The van der Waals surface area contributed by atoms with Crippen LogP contribution in [-0.4, -0.2) is 15.9 Å². The summed E-state index contributed by atoms with van der Waals surface area (Å²) in [6.45, 7) is 11.5. The van der Waals surface area contributed by atoms with Crippen molar-refractivity contribution in [2.75, 3.05) is 0 Å². The van der Waals surface area contributed by atoms with E-state index in [9.17, 15) is 0 Å². The first-order valence-electron chi connectivity index (χ1n) is 3.68. The SMILES string of the molecule is C=CCC(=S)N(C=C)C(C)C. The fraction of sp³-hybridized carbons (Fsp3) is 0.444. The van der Waals surface area contributed by atoms with Gasteiger partial charge in [0.2, 0.25) is 0 Å². The lowest BCUT2D eigenvalue weighted by molar-refractivity contribution is 0.462. The second-order valence-corrected chi connectivity index (χ2v) is 3.04. The zero-order valence-electron chi connectivity index (χ0n) is 7.21. The molecule has 0 saturated carbocycles. The van der Waals surface area contributed by atoms with Crippen LogP contribution in [0, 0.1) is 0 Å². The Balaban J connectivity index is 4.13. The molecule has 0 amide bonds. The lowest BCUT2D eigenvalue weighted by Crippen LogP contribution is -2.29. The van der Waals surface area contributed by atoms with Crippen LogP contribution < -0.4 is 0 Å². The Morgan fingerprint density at radius 1 is 1.55 bits per heavy atom. The van der Waals surface area contributed by atoms with Crippen LogP contribution in [0.2, 0.25) is 0 Å². The van der Waals surface area contributed by atoms with Crippen LogP contribution in [0.4, 0.5) is 0 Å². The van der Waals surface area contributed by atoms with Gasteiger partial charge < -0.3 is 4.90 Å². The van der Waals surface area contributed by atoms with Crippen molar-refractivity contribution in [2.24, 2.45) is 0 Å². The van der Waals surface area contributed by atoms with Crippen LogP contribution in [0.5, 0.6) is 0 Å². The van der Waals surface area contributed by atoms with Gasteiger partial charge >= 0.3 is 0 Å². The summed E-state index contributed by atoms with van der Waals surface area (Å²) >= 11 is 5.13. The van der Waals surface area contributed by atoms with Crippen LogP contribution in [0.25, 0.3) is 0 Å². The van der Waals surface area contributed by atoms with Crippen molar-refractivity contribution < 1.29 is 0 Å². The van der Waals surface area contributed by atoms with E-state index in [-0.39, 0.29) is 0 Å². The van der Waals surface area contributed by atoms with Gasteiger partial charge in [0.1, 0.15) is 0 Å². The molecule has 0 bridgehead atoms. The molecule has 1 nitrogen and oxygen atoms in total. The van der Waals surface area contributed by atoms with Gasteiger partial charge in [0.25, 0.3) is 0 Å². The van der Waals surface area contributed by atoms with E-state index < -0.39 is 0 Å². The fourth-order valence-corrected chi connectivity index (χ4v) is 1.23. The molecule has 0 atom stereocenters. The molecule has 0 N–H and O–H groups in total. The van der Waals surface area contributed by atoms with Crippen LogP contribution in [-0.2, 0) is 0 Å². The molecule has 2 heteroatoms. The number of hydrogen-bond acceptors (Lipinski definition) is 1. The Morgan fingerprint density at radius 2 is 2.09 bits per heavy atom. The second kappa shape index (κ2) is 5.08. The van der Waals surface area contributed by atoms with Crippen LogP contribution in [0.3, 0.4) is 0 Å². The van der Waals surface area contributed by atoms with Crippen molar-refractivity contribution in [3.8, 4) is 0 Å². The van der Waals surface area contributed by atoms with E-state index in [2.05, 4.69) is 27.0 Å². The molecular formula is C9H15NS. The van der Waals surface area contributed by atoms with Crippen molar-refractivity contribution in [3.05, 3.63) is 25.4 Å². The highest BCUT2D eigenvalue weighted by Gasteiger charge is 2.06. The lowest BCUT2D eigenvalue weighted by atomic mass is 10.3. The molecule has 0 aliphatic carbocycles. The lowest BCUT2D eigenvalue weighted by Gasteiger charge is -2.24. The molecule has 11 heavy (non-hydrogen) atoms. The molecule has 0 aromatic carbocycles. The Labute approximate surface area is 74.4 Å². The van der Waals surface area contributed by atoms with E-state index in [1.807, 2.05) is 4.90 Å². The molecule has 0 radical (unpaired) electrons. The fourth-order valence-electron chi connectivity index (χ4n) is 0.830. The summed E-state index contributed by atoms with van der Waals surface area (Å²) in [7, 11) is 0. The van der Waals surface area contributed by atoms with Gasteiger partial charge in [0, 0.05) is 12.5 Å². The van der Waals surface area contributed by atoms with Gasteiger partial charge in [0.05, 0.1) is 4.99 Å². The van der Waals surface area contributed by atoms with Crippen LogP contribution >= 0.6 is 12.2 Å². The summed E-state index contributed by atoms with van der Waals surface area (Å²) in [5.41, 5.74) is 0. The molecule has 0 rings (SSSR count). The van der Waals surface area contributed by atoms with E-state index in [1.54, 1.807) is 12.3 Å². The number of thiocarbonyl (C=S) groups is 1. The third-order valence-electron chi connectivity index (χ3n) is 1.36. The van der Waals surface area contributed by atoms with Crippen molar-refractivity contribution in [1.82, 2.24) is 4.90 Å². The molecule has 0 saturated heterocycles. The minimum atomic E-state index is 0.389. The van der Waals surface area contributed by atoms with Gasteiger partial charge in [-0.05, 0) is 20.0 Å². The normalized spacial score (nSPS) is 9.36. The maximum Gasteiger partial charge on any atom is 0.0859 e. The van der Waals surface area contributed by atoms with Crippen LogP contribution in [0.15, 0.2) is 25.4 Å². The maximum absolute atomic E-state index is 5.13. The van der Waals surface area contributed by atoms with Crippen LogP contribution in [0.1, 0.15) is 20.3 Å². The average Bonchev–Trinajstić information content (AvgIpc) is 1.88. The third kappa shape index (κ3) is 3.33. The quantitative estimate of drug-likeness (QED) is 0.470. The highest BCUT2D eigenvalue weighted by atomic mass is 32.1. The van der Waals surface area contributed by atoms with E-state index in [1.165, 1.54) is 0 Å². The van der Waals surface area contributed by atoms with E-state index in [0.29, 0.717) is 6.04 Å². The number of rotatable bonds is 4. The smallest absolute Gasteiger partial charge is 0.0859 e. The molecular weight excluding hydrogens is 154 g/mol. The van der Waals surface area contributed by atoms with Crippen molar-refractivity contribution in [1.29, 1.82) is 0 Å². The van der Waals surface area contributed by atoms with Gasteiger partial charge in [0.15, 0.2) is 0 Å². The Hall–Kier alpha value is -0.630. The molecule has 62 valence electrons. The van der Waals surface area contributed by atoms with Gasteiger partial charge in [-0.15, -0.1) is 6.58 Å². The molecule has 0 aliphatic rings. The summed E-state index contributed by atoms with van der Waals surface area (Å²) in [6.07, 6.45) is 4.32. The Morgan fingerprint density at radius 3 is 2.36 bits per heavy atom.